The van der Waals surface area contributed by atoms with E-state index in [-0.39, 0.29) is 5.69 Å². The first-order valence-corrected chi connectivity index (χ1v) is 9.51. The van der Waals surface area contributed by atoms with Gasteiger partial charge in [-0.15, -0.1) is 0 Å². The van der Waals surface area contributed by atoms with E-state index in [0.29, 0.717) is 22.8 Å². The number of benzene rings is 2. The van der Waals surface area contributed by atoms with Gasteiger partial charge in [0.15, 0.2) is 0 Å². The van der Waals surface area contributed by atoms with Gasteiger partial charge in [-0.25, -0.2) is 4.98 Å². The summed E-state index contributed by atoms with van der Waals surface area (Å²) < 4.78 is 7.35. The van der Waals surface area contributed by atoms with Crippen molar-refractivity contribution in [1.82, 2.24) is 14.5 Å². The summed E-state index contributed by atoms with van der Waals surface area (Å²) >= 11 is 0. The first-order valence-electron chi connectivity index (χ1n) is 9.51. The summed E-state index contributed by atoms with van der Waals surface area (Å²) in [6, 6.07) is 16.3. The number of para-hydroxylation sites is 2. The lowest BCUT2D eigenvalue weighted by Gasteiger charge is -2.13. The first-order chi connectivity index (χ1) is 14.9. The number of nitrogens with zero attached hydrogens (tertiary/aromatic N) is 4. The van der Waals surface area contributed by atoms with E-state index in [1.165, 1.54) is 19.2 Å². The number of methoxy groups -OCH3 is 1. The van der Waals surface area contributed by atoms with Gasteiger partial charge >= 0.3 is 0 Å². The minimum atomic E-state index is -0.456. The maximum Gasteiger partial charge on any atom is 0.273 e. The Kier molecular flexibility index (Phi) is 5.01. The van der Waals surface area contributed by atoms with Crippen LogP contribution >= 0.6 is 0 Å². The molecule has 4 rings (SSSR count). The average Bonchev–Trinajstić information content (AvgIpc) is 3.31. The van der Waals surface area contributed by atoms with Gasteiger partial charge in [-0.05, 0) is 49.8 Å². The molecule has 2 aromatic heterocycles. The van der Waals surface area contributed by atoms with Crippen molar-refractivity contribution in [2.75, 3.05) is 7.11 Å². The maximum atomic E-state index is 11.1. The Balaban J connectivity index is 1.81. The molecule has 4 aromatic rings. The third-order valence-electron chi connectivity index (χ3n) is 5.15. The quantitative estimate of drug-likeness (QED) is 0.283. The van der Waals surface area contributed by atoms with Gasteiger partial charge < -0.3 is 14.3 Å². The lowest BCUT2D eigenvalue weighted by Crippen LogP contribution is -2.03. The lowest BCUT2D eigenvalue weighted by atomic mass is 10.1. The van der Waals surface area contributed by atoms with Crippen molar-refractivity contribution in [1.29, 1.82) is 5.26 Å². The fourth-order valence-electron chi connectivity index (χ4n) is 3.66. The molecule has 31 heavy (non-hydrogen) atoms. The molecule has 0 aliphatic heterocycles. The fourth-order valence-corrected chi connectivity index (χ4v) is 3.66. The molecule has 2 heterocycles. The number of nitriles is 1. The van der Waals surface area contributed by atoms with Crippen LogP contribution < -0.4 is 4.74 Å². The number of hydrogen-bond acceptors (Lipinski definition) is 5. The Morgan fingerprint density at radius 1 is 1.26 bits per heavy atom. The number of hydrogen-bond donors (Lipinski definition) is 1. The van der Waals surface area contributed by atoms with Gasteiger partial charge in [0.05, 0.1) is 40.4 Å². The summed E-state index contributed by atoms with van der Waals surface area (Å²) in [5.74, 6) is 0.894. The lowest BCUT2D eigenvalue weighted by molar-refractivity contribution is -0.384. The van der Waals surface area contributed by atoms with E-state index >= 15 is 0 Å². The van der Waals surface area contributed by atoms with Crippen LogP contribution in [0.5, 0.6) is 5.75 Å². The van der Waals surface area contributed by atoms with E-state index in [2.05, 4.69) is 16.0 Å². The summed E-state index contributed by atoms with van der Waals surface area (Å²) in [5.41, 5.74) is 5.32. The largest absolute Gasteiger partial charge is 0.494 e. The molecule has 0 radical (unpaired) electrons. The van der Waals surface area contributed by atoms with Crippen molar-refractivity contribution in [2.45, 2.75) is 13.8 Å². The molecule has 1 N–H and O–H groups in total. The van der Waals surface area contributed by atoms with E-state index < -0.39 is 4.92 Å². The average molecular weight is 413 g/mol. The van der Waals surface area contributed by atoms with E-state index in [1.54, 1.807) is 12.1 Å². The molecule has 8 nitrogen and oxygen atoms in total. The third kappa shape index (κ3) is 3.53. The van der Waals surface area contributed by atoms with Crippen LogP contribution in [0.1, 0.15) is 22.8 Å². The highest BCUT2D eigenvalue weighted by Crippen LogP contribution is 2.32. The highest BCUT2D eigenvalue weighted by atomic mass is 16.6. The predicted octanol–water partition coefficient (Wildman–Crippen LogP) is 4.95. The second-order valence-corrected chi connectivity index (χ2v) is 7.05. The summed E-state index contributed by atoms with van der Waals surface area (Å²) in [7, 11) is 1.48. The molecular weight excluding hydrogens is 394 g/mol. The Hall–Kier alpha value is -4.38. The molecular formula is C23H19N5O3. The van der Waals surface area contributed by atoms with Crippen LogP contribution in [0, 0.1) is 35.3 Å². The second kappa shape index (κ2) is 7.80. The maximum absolute atomic E-state index is 11.1. The highest BCUT2D eigenvalue weighted by molar-refractivity contribution is 5.90. The summed E-state index contributed by atoms with van der Waals surface area (Å²) in [6.45, 7) is 3.85. The molecule has 0 unspecified atom stereocenters. The number of nitro benzene ring substituents is 1. The van der Waals surface area contributed by atoms with Gasteiger partial charge in [0, 0.05) is 17.5 Å². The number of ether oxygens (including phenoxy) is 1. The third-order valence-corrected chi connectivity index (χ3v) is 5.15. The molecule has 0 aliphatic carbocycles. The summed E-state index contributed by atoms with van der Waals surface area (Å²) in [5, 5.41) is 20.9. The first kappa shape index (κ1) is 19.9. The Labute approximate surface area is 178 Å². The van der Waals surface area contributed by atoms with E-state index in [0.717, 1.165) is 28.0 Å². The van der Waals surface area contributed by atoms with E-state index in [4.69, 9.17) is 4.74 Å². The number of non-ortho nitro benzene ring substituents is 1. The predicted molar refractivity (Wildman–Crippen MR) is 118 cm³/mol. The number of nitro groups is 1. The SMILES string of the molecule is COc1cc([N+](=O)[O-])ccc1-n1c(C)cc(/C=C(\C#N)c2nc3ccccc3[nH]2)c1C. The molecule has 0 spiro atoms. The van der Waals surface area contributed by atoms with Crippen LogP contribution in [-0.4, -0.2) is 26.6 Å². The number of allylic oxidation sites excluding steroid dienone is 1. The van der Waals surface area contributed by atoms with Gasteiger partial charge in [-0.2, -0.15) is 5.26 Å². The second-order valence-electron chi connectivity index (χ2n) is 7.05. The molecule has 0 atom stereocenters. The topological polar surface area (TPSA) is 110 Å². The fraction of sp³-hybridized carbons (Fsp3) is 0.130. The number of nitrogens with one attached hydrogen (secondary N) is 1. The zero-order chi connectivity index (χ0) is 22.1. The number of aromatic amines is 1. The molecule has 0 fully saturated rings. The van der Waals surface area contributed by atoms with Gasteiger partial charge in [0.25, 0.3) is 5.69 Å². The molecule has 0 aliphatic rings. The van der Waals surface area contributed by atoms with Crippen molar-refractivity contribution < 1.29 is 9.66 Å². The Morgan fingerprint density at radius 2 is 2.03 bits per heavy atom. The van der Waals surface area contributed by atoms with Crippen molar-refractivity contribution in [3.63, 3.8) is 0 Å². The van der Waals surface area contributed by atoms with Crippen molar-refractivity contribution in [3.05, 3.63) is 81.4 Å². The van der Waals surface area contributed by atoms with Crippen molar-refractivity contribution in [2.24, 2.45) is 0 Å². The number of rotatable bonds is 5. The van der Waals surface area contributed by atoms with Gasteiger partial charge in [-0.1, -0.05) is 12.1 Å². The minimum Gasteiger partial charge on any atom is -0.494 e. The smallest absolute Gasteiger partial charge is 0.273 e. The van der Waals surface area contributed by atoms with Crippen molar-refractivity contribution in [3.8, 4) is 17.5 Å². The van der Waals surface area contributed by atoms with Gasteiger partial charge in [-0.3, -0.25) is 10.1 Å². The normalized spacial score (nSPS) is 11.5. The van der Waals surface area contributed by atoms with Crippen molar-refractivity contribution >= 4 is 28.4 Å². The molecule has 0 saturated carbocycles. The molecule has 0 amide bonds. The molecule has 2 aromatic carbocycles. The zero-order valence-corrected chi connectivity index (χ0v) is 17.2. The summed E-state index contributed by atoms with van der Waals surface area (Å²) in [4.78, 5) is 18.3. The van der Waals surface area contributed by atoms with Gasteiger partial charge in [0.1, 0.15) is 17.6 Å². The minimum absolute atomic E-state index is 0.0418. The monoisotopic (exact) mass is 413 g/mol. The van der Waals surface area contributed by atoms with E-state index in [9.17, 15) is 15.4 Å². The Morgan fingerprint density at radius 3 is 2.71 bits per heavy atom. The summed E-state index contributed by atoms with van der Waals surface area (Å²) in [6.07, 6.45) is 1.79. The van der Waals surface area contributed by atoms with E-state index in [1.807, 2.05) is 48.7 Å². The van der Waals surface area contributed by atoms with Crippen LogP contribution in [0.4, 0.5) is 5.69 Å². The molecule has 8 heteroatoms. The van der Waals surface area contributed by atoms with Crippen LogP contribution in [0.15, 0.2) is 48.5 Å². The number of aromatic nitrogens is 3. The molecule has 154 valence electrons. The van der Waals surface area contributed by atoms with Crippen LogP contribution in [0.25, 0.3) is 28.4 Å². The number of fused-ring (bicyclic) bond motifs is 1. The Bertz CT molecular complexity index is 1360. The standard InChI is InChI=1S/C23H19N5O3/c1-14-10-16(11-17(13-24)23-25-19-6-4-5-7-20(19)26-23)15(2)27(14)21-9-8-18(28(29)30)12-22(21)31-3/h4-12H,1-3H3,(H,25,26)/b17-11+. The molecule has 0 bridgehead atoms. The zero-order valence-electron chi connectivity index (χ0n) is 17.2. The van der Waals surface area contributed by atoms with Crippen LogP contribution in [0.2, 0.25) is 0 Å². The number of imidazole rings is 1. The van der Waals surface area contributed by atoms with Crippen LogP contribution in [-0.2, 0) is 0 Å². The number of aryl methyl sites for hydroxylation is 1. The van der Waals surface area contributed by atoms with Gasteiger partial charge in [0.2, 0.25) is 0 Å². The molecule has 0 saturated heterocycles. The van der Waals surface area contributed by atoms with Crippen LogP contribution in [0.3, 0.4) is 0 Å². The highest BCUT2D eigenvalue weighted by Gasteiger charge is 2.18. The number of H-pyrrole nitrogens is 1.